The van der Waals surface area contributed by atoms with Crippen LogP contribution in [0.15, 0.2) is 24.3 Å². The Labute approximate surface area is 127 Å². The fourth-order valence-corrected chi connectivity index (χ4v) is 2.11. The van der Waals surface area contributed by atoms with Gasteiger partial charge in [0.1, 0.15) is 6.10 Å². The highest BCUT2D eigenvalue weighted by Crippen LogP contribution is 2.31. The SMILES string of the molecule is O=C(O)/C=C/c1ccc(OC2OC(CO)CCC2O)c(O)c1. The van der Waals surface area contributed by atoms with E-state index in [0.717, 1.165) is 6.08 Å². The topological polar surface area (TPSA) is 116 Å². The smallest absolute Gasteiger partial charge is 0.328 e. The Morgan fingerprint density at radius 3 is 2.82 bits per heavy atom. The van der Waals surface area contributed by atoms with Crippen LogP contribution in [0.2, 0.25) is 0 Å². The van der Waals surface area contributed by atoms with E-state index in [9.17, 15) is 15.0 Å². The molecular formula is C15H18O7. The van der Waals surface area contributed by atoms with Crippen molar-refractivity contribution in [2.24, 2.45) is 0 Å². The van der Waals surface area contributed by atoms with Gasteiger partial charge in [-0.3, -0.25) is 0 Å². The third kappa shape index (κ3) is 4.20. The van der Waals surface area contributed by atoms with E-state index in [1.54, 1.807) is 6.07 Å². The van der Waals surface area contributed by atoms with Crippen molar-refractivity contribution in [3.8, 4) is 11.5 Å². The molecule has 0 bridgehead atoms. The second-order valence-electron chi connectivity index (χ2n) is 4.97. The summed E-state index contributed by atoms with van der Waals surface area (Å²) in [4.78, 5) is 10.4. The number of hydrogen-bond acceptors (Lipinski definition) is 6. The van der Waals surface area contributed by atoms with Gasteiger partial charge in [0.2, 0.25) is 6.29 Å². The predicted molar refractivity (Wildman–Crippen MR) is 76.4 cm³/mol. The Morgan fingerprint density at radius 1 is 1.41 bits per heavy atom. The van der Waals surface area contributed by atoms with E-state index in [0.29, 0.717) is 18.4 Å². The molecule has 22 heavy (non-hydrogen) atoms. The number of aliphatic hydroxyl groups is 2. The molecule has 4 N–H and O–H groups in total. The van der Waals surface area contributed by atoms with Crippen LogP contribution >= 0.6 is 0 Å². The molecule has 1 aliphatic rings. The summed E-state index contributed by atoms with van der Waals surface area (Å²) in [5, 5.41) is 37.4. The van der Waals surface area contributed by atoms with Crippen LogP contribution in [-0.2, 0) is 9.53 Å². The standard InChI is InChI=1S/C15H18O7/c16-8-10-3-4-11(17)15(21-10)22-13-5-1-9(7-12(13)18)2-6-14(19)20/h1-2,5-7,10-11,15-18H,3-4,8H2,(H,19,20)/b6-2+. The molecule has 3 unspecified atom stereocenters. The van der Waals surface area contributed by atoms with Crippen molar-refractivity contribution >= 4 is 12.0 Å². The highest BCUT2D eigenvalue weighted by Gasteiger charge is 2.31. The van der Waals surface area contributed by atoms with E-state index < -0.39 is 24.5 Å². The number of ether oxygens (including phenoxy) is 2. The Kier molecular flexibility index (Phi) is 5.37. The van der Waals surface area contributed by atoms with Crippen LogP contribution < -0.4 is 4.74 Å². The van der Waals surface area contributed by atoms with Gasteiger partial charge in [0.25, 0.3) is 0 Å². The first-order chi connectivity index (χ1) is 10.5. The highest BCUT2D eigenvalue weighted by molar-refractivity contribution is 5.85. The van der Waals surface area contributed by atoms with Gasteiger partial charge in [-0.05, 0) is 36.6 Å². The highest BCUT2D eigenvalue weighted by atomic mass is 16.7. The van der Waals surface area contributed by atoms with Crippen LogP contribution in [0.1, 0.15) is 18.4 Å². The van der Waals surface area contributed by atoms with E-state index in [1.807, 2.05) is 0 Å². The fraction of sp³-hybridized carbons (Fsp3) is 0.400. The molecular weight excluding hydrogens is 292 g/mol. The normalized spacial score (nSPS) is 25.3. The second-order valence-corrected chi connectivity index (χ2v) is 4.97. The van der Waals surface area contributed by atoms with E-state index >= 15 is 0 Å². The lowest BCUT2D eigenvalue weighted by molar-refractivity contribution is -0.208. The lowest BCUT2D eigenvalue weighted by Crippen LogP contribution is -2.43. The summed E-state index contributed by atoms with van der Waals surface area (Å²) in [5.74, 6) is -1.18. The van der Waals surface area contributed by atoms with Crippen LogP contribution in [0.5, 0.6) is 11.5 Å². The lowest BCUT2D eigenvalue weighted by Gasteiger charge is -2.33. The number of hydrogen-bond donors (Lipinski definition) is 4. The molecule has 120 valence electrons. The summed E-state index contributed by atoms with van der Waals surface area (Å²) in [6, 6.07) is 4.36. The molecule has 1 saturated heterocycles. The predicted octanol–water partition coefficient (Wildman–Crippen LogP) is 0.727. The van der Waals surface area contributed by atoms with Crippen molar-refractivity contribution in [1.29, 1.82) is 0 Å². The molecule has 0 aliphatic carbocycles. The third-order valence-corrected chi connectivity index (χ3v) is 3.27. The van der Waals surface area contributed by atoms with E-state index in [1.165, 1.54) is 18.2 Å². The molecule has 0 amide bonds. The molecule has 7 nitrogen and oxygen atoms in total. The Balaban J connectivity index is 2.07. The number of carboxylic acid groups (broad SMARTS) is 1. The first-order valence-electron chi connectivity index (χ1n) is 6.84. The zero-order valence-electron chi connectivity index (χ0n) is 11.8. The summed E-state index contributed by atoms with van der Waals surface area (Å²) in [6.45, 7) is -0.169. The number of phenols is 1. The number of phenolic OH excluding ortho intramolecular Hbond substituents is 1. The van der Waals surface area contributed by atoms with Gasteiger partial charge in [0, 0.05) is 6.08 Å². The number of aliphatic carboxylic acids is 1. The molecule has 1 fully saturated rings. The van der Waals surface area contributed by atoms with Crippen LogP contribution in [0, 0.1) is 0 Å². The molecule has 0 saturated carbocycles. The molecule has 1 heterocycles. The van der Waals surface area contributed by atoms with Crippen molar-refractivity contribution < 1.29 is 34.7 Å². The molecule has 1 aromatic carbocycles. The van der Waals surface area contributed by atoms with Gasteiger partial charge in [-0.25, -0.2) is 4.79 Å². The fourth-order valence-electron chi connectivity index (χ4n) is 2.11. The van der Waals surface area contributed by atoms with Crippen LogP contribution in [-0.4, -0.2) is 51.5 Å². The lowest BCUT2D eigenvalue weighted by atomic mass is 10.1. The van der Waals surface area contributed by atoms with Crippen molar-refractivity contribution in [2.75, 3.05) is 6.61 Å². The minimum atomic E-state index is -1.09. The van der Waals surface area contributed by atoms with Crippen LogP contribution in [0.4, 0.5) is 0 Å². The van der Waals surface area contributed by atoms with E-state index in [2.05, 4.69) is 0 Å². The summed E-state index contributed by atoms with van der Waals surface area (Å²) >= 11 is 0. The first-order valence-corrected chi connectivity index (χ1v) is 6.84. The Bertz CT molecular complexity index is 555. The van der Waals surface area contributed by atoms with Crippen LogP contribution in [0.3, 0.4) is 0 Å². The van der Waals surface area contributed by atoms with Crippen molar-refractivity contribution in [1.82, 2.24) is 0 Å². The largest absolute Gasteiger partial charge is 0.504 e. The van der Waals surface area contributed by atoms with Crippen molar-refractivity contribution in [3.63, 3.8) is 0 Å². The van der Waals surface area contributed by atoms with Crippen LogP contribution in [0.25, 0.3) is 6.08 Å². The quantitative estimate of drug-likeness (QED) is 0.592. The molecule has 0 aromatic heterocycles. The van der Waals surface area contributed by atoms with Gasteiger partial charge in [0.15, 0.2) is 11.5 Å². The van der Waals surface area contributed by atoms with E-state index in [-0.39, 0.29) is 18.1 Å². The maximum absolute atomic E-state index is 10.4. The van der Waals surface area contributed by atoms with Crippen molar-refractivity contribution in [2.45, 2.75) is 31.3 Å². The van der Waals surface area contributed by atoms with Gasteiger partial charge < -0.3 is 29.9 Å². The average molecular weight is 310 g/mol. The second kappa shape index (κ2) is 7.26. The molecule has 0 radical (unpaired) electrons. The third-order valence-electron chi connectivity index (χ3n) is 3.27. The molecule has 0 spiro atoms. The number of aromatic hydroxyl groups is 1. The maximum Gasteiger partial charge on any atom is 0.328 e. The number of carboxylic acids is 1. The van der Waals surface area contributed by atoms with Gasteiger partial charge in [-0.2, -0.15) is 0 Å². The number of benzene rings is 1. The number of aliphatic hydroxyl groups excluding tert-OH is 2. The zero-order valence-corrected chi connectivity index (χ0v) is 11.8. The molecule has 3 atom stereocenters. The average Bonchev–Trinajstić information content (AvgIpc) is 2.49. The molecule has 1 aliphatic heterocycles. The van der Waals surface area contributed by atoms with Gasteiger partial charge >= 0.3 is 5.97 Å². The van der Waals surface area contributed by atoms with E-state index in [4.69, 9.17) is 19.7 Å². The van der Waals surface area contributed by atoms with Gasteiger partial charge in [-0.1, -0.05) is 6.07 Å². The summed E-state index contributed by atoms with van der Waals surface area (Å²) in [6.07, 6.45) is 1.01. The zero-order chi connectivity index (χ0) is 16.1. The number of rotatable bonds is 5. The molecule has 2 rings (SSSR count). The maximum atomic E-state index is 10.4. The number of carbonyl (C=O) groups is 1. The minimum absolute atomic E-state index is 0.107. The Morgan fingerprint density at radius 2 is 2.18 bits per heavy atom. The Hall–Kier alpha value is -2.09. The van der Waals surface area contributed by atoms with Gasteiger partial charge in [-0.15, -0.1) is 0 Å². The molecule has 7 heteroatoms. The van der Waals surface area contributed by atoms with Gasteiger partial charge in [0.05, 0.1) is 12.7 Å². The van der Waals surface area contributed by atoms with Crippen molar-refractivity contribution in [3.05, 3.63) is 29.8 Å². The summed E-state index contributed by atoms with van der Waals surface area (Å²) in [7, 11) is 0. The summed E-state index contributed by atoms with van der Waals surface area (Å²) < 4.78 is 10.8. The first kappa shape index (κ1) is 16.3. The molecule has 1 aromatic rings. The summed E-state index contributed by atoms with van der Waals surface area (Å²) in [5.41, 5.74) is 0.491. The monoisotopic (exact) mass is 310 g/mol. The minimum Gasteiger partial charge on any atom is -0.504 e.